The van der Waals surface area contributed by atoms with Crippen LogP contribution in [-0.4, -0.2) is 46.6 Å². The second-order valence-corrected chi connectivity index (χ2v) is 11.7. The van der Waals surface area contributed by atoms with Crippen LogP contribution in [0.25, 0.3) is 16.9 Å². The fourth-order valence-corrected chi connectivity index (χ4v) is 5.63. The molecule has 0 spiro atoms. The van der Waals surface area contributed by atoms with E-state index in [1.54, 1.807) is 41.2 Å². The molecule has 0 aliphatic heterocycles. The number of aromatic nitrogens is 3. The first-order chi connectivity index (χ1) is 16.4. The second-order valence-electron chi connectivity index (χ2n) is 9.94. The summed E-state index contributed by atoms with van der Waals surface area (Å²) in [6.07, 6.45) is 7.13. The number of imidazole rings is 1. The van der Waals surface area contributed by atoms with E-state index in [9.17, 15) is 13.2 Å². The molecule has 0 saturated heterocycles. The molecule has 0 unspecified atom stereocenters. The lowest BCUT2D eigenvalue weighted by Gasteiger charge is -2.30. The van der Waals surface area contributed by atoms with E-state index in [2.05, 4.69) is 20.0 Å². The molecule has 10 nitrogen and oxygen atoms in total. The highest BCUT2D eigenvalue weighted by molar-refractivity contribution is 7.89. The van der Waals surface area contributed by atoms with Crippen LogP contribution in [0.3, 0.4) is 0 Å². The van der Waals surface area contributed by atoms with Crippen molar-refractivity contribution in [2.75, 3.05) is 5.73 Å². The van der Waals surface area contributed by atoms with Gasteiger partial charge in [-0.2, -0.15) is 0 Å². The highest BCUT2D eigenvalue weighted by atomic mass is 32.2. The van der Waals surface area contributed by atoms with Crippen molar-refractivity contribution in [3.05, 3.63) is 42.4 Å². The number of ether oxygens (including phenoxy) is 1. The number of nitrogen functional groups attached to an aromatic ring is 1. The number of nitrogens with zero attached hydrogens (tertiary/aromatic N) is 3. The van der Waals surface area contributed by atoms with Crippen molar-refractivity contribution in [3.8, 4) is 11.3 Å². The van der Waals surface area contributed by atoms with E-state index >= 15 is 0 Å². The van der Waals surface area contributed by atoms with Gasteiger partial charge in [-0.3, -0.25) is 4.40 Å². The Labute approximate surface area is 205 Å². The van der Waals surface area contributed by atoms with E-state index in [1.807, 2.05) is 27.7 Å². The quantitative estimate of drug-likeness (QED) is 0.487. The minimum Gasteiger partial charge on any atom is -0.444 e. The topological polar surface area (TPSA) is 141 Å². The van der Waals surface area contributed by atoms with E-state index < -0.39 is 21.7 Å². The third kappa shape index (κ3) is 5.73. The standard InChI is InChI=1S/C24H32N6O4S/c1-15-5-10-18(13-19(15)20-14-27-22-21(25)26-11-12-30(20)22)35(32,33)29-17-8-6-16(7-9-17)28-23(31)34-24(2,3)4/h5,10-14,16-17,29H,6-9H2,1-4H3,(H2,25,26)(H,28,31). The number of rotatable bonds is 5. The van der Waals surface area contributed by atoms with Gasteiger partial charge >= 0.3 is 6.09 Å². The van der Waals surface area contributed by atoms with Crippen LogP contribution >= 0.6 is 0 Å². The van der Waals surface area contributed by atoms with Crippen molar-refractivity contribution in [2.45, 2.75) is 76.0 Å². The molecule has 188 valence electrons. The molecule has 2 heterocycles. The molecule has 0 atom stereocenters. The Morgan fingerprint density at radius 1 is 1.14 bits per heavy atom. The molecule has 3 aromatic rings. The van der Waals surface area contributed by atoms with Crippen molar-refractivity contribution >= 4 is 27.6 Å². The van der Waals surface area contributed by atoms with Crippen LogP contribution in [0, 0.1) is 6.92 Å². The van der Waals surface area contributed by atoms with Gasteiger partial charge in [0, 0.05) is 30.0 Å². The van der Waals surface area contributed by atoms with Crippen LogP contribution in [0.1, 0.15) is 52.0 Å². The van der Waals surface area contributed by atoms with Crippen molar-refractivity contribution in [2.24, 2.45) is 0 Å². The van der Waals surface area contributed by atoms with Gasteiger partial charge in [-0.25, -0.2) is 27.9 Å². The summed E-state index contributed by atoms with van der Waals surface area (Å²) in [7, 11) is -3.74. The number of nitrogens with two attached hydrogens (primary N) is 1. The van der Waals surface area contributed by atoms with Gasteiger partial charge in [0.15, 0.2) is 11.5 Å². The van der Waals surface area contributed by atoms with Gasteiger partial charge in [-0.15, -0.1) is 0 Å². The lowest BCUT2D eigenvalue weighted by Crippen LogP contribution is -2.45. The number of amides is 1. The maximum absolute atomic E-state index is 13.2. The Balaban J connectivity index is 1.45. The average Bonchev–Trinajstić information content (AvgIpc) is 3.19. The Kier molecular flexibility index (Phi) is 6.74. The fourth-order valence-electron chi connectivity index (χ4n) is 4.30. The molecule has 35 heavy (non-hydrogen) atoms. The monoisotopic (exact) mass is 500 g/mol. The number of sulfonamides is 1. The van der Waals surface area contributed by atoms with Gasteiger partial charge in [0.2, 0.25) is 10.0 Å². The zero-order valence-corrected chi connectivity index (χ0v) is 21.2. The molecule has 1 aromatic carbocycles. The summed E-state index contributed by atoms with van der Waals surface area (Å²) in [4.78, 5) is 20.6. The summed E-state index contributed by atoms with van der Waals surface area (Å²) >= 11 is 0. The van der Waals surface area contributed by atoms with Crippen LogP contribution < -0.4 is 15.8 Å². The van der Waals surface area contributed by atoms with Gasteiger partial charge in [0.05, 0.1) is 16.8 Å². The highest BCUT2D eigenvalue weighted by Crippen LogP contribution is 2.29. The lowest BCUT2D eigenvalue weighted by molar-refractivity contribution is 0.0490. The molecule has 4 N–H and O–H groups in total. The van der Waals surface area contributed by atoms with E-state index in [4.69, 9.17) is 10.5 Å². The Bertz CT molecular complexity index is 1340. The predicted octanol–water partition coefficient (Wildman–Crippen LogP) is 3.40. The molecular weight excluding hydrogens is 468 g/mol. The third-order valence-corrected chi connectivity index (χ3v) is 7.54. The van der Waals surface area contributed by atoms with E-state index in [-0.39, 0.29) is 17.0 Å². The maximum atomic E-state index is 13.2. The molecule has 1 saturated carbocycles. The van der Waals surface area contributed by atoms with Crippen molar-refractivity contribution in [1.29, 1.82) is 0 Å². The van der Waals surface area contributed by atoms with Crippen LogP contribution in [-0.2, 0) is 14.8 Å². The molecule has 1 amide bonds. The van der Waals surface area contributed by atoms with Crippen molar-refractivity contribution in [3.63, 3.8) is 0 Å². The Hall–Kier alpha value is -3.18. The molecule has 4 rings (SSSR count). The largest absolute Gasteiger partial charge is 0.444 e. The zero-order chi connectivity index (χ0) is 25.4. The first-order valence-corrected chi connectivity index (χ1v) is 13.1. The number of fused-ring (bicyclic) bond motifs is 1. The number of hydrogen-bond acceptors (Lipinski definition) is 7. The predicted molar refractivity (Wildman–Crippen MR) is 133 cm³/mol. The number of aryl methyl sites for hydroxylation is 1. The molecule has 1 aliphatic rings. The number of nitrogens with one attached hydrogen (secondary N) is 2. The van der Waals surface area contributed by atoms with Crippen LogP contribution in [0.5, 0.6) is 0 Å². The molecule has 2 aromatic heterocycles. The number of hydrogen-bond donors (Lipinski definition) is 3. The number of benzene rings is 1. The molecular formula is C24H32N6O4S. The molecule has 0 bridgehead atoms. The average molecular weight is 501 g/mol. The summed E-state index contributed by atoms with van der Waals surface area (Å²) < 4.78 is 36.4. The maximum Gasteiger partial charge on any atom is 0.407 e. The summed E-state index contributed by atoms with van der Waals surface area (Å²) in [6.45, 7) is 7.37. The van der Waals surface area contributed by atoms with E-state index in [0.29, 0.717) is 37.1 Å². The van der Waals surface area contributed by atoms with Crippen LogP contribution in [0.15, 0.2) is 41.7 Å². The van der Waals surface area contributed by atoms with Gasteiger partial charge in [0.1, 0.15) is 5.60 Å². The molecule has 11 heteroatoms. The van der Waals surface area contributed by atoms with E-state index in [0.717, 1.165) is 16.8 Å². The van der Waals surface area contributed by atoms with Gasteiger partial charge in [0.25, 0.3) is 0 Å². The van der Waals surface area contributed by atoms with Gasteiger partial charge in [-0.1, -0.05) is 6.07 Å². The Morgan fingerprint density at radius 2 is 1.83 bits per heavy atom. The summed E-state index contributed by atoms with van der Waals surface area (Å²) in [6, 6.07) is 4.82. The zero-order valence-electron chi connectivity index (χ0n) is 20.4. The first kappa shape index (κ1) is 24.9. The van der Waals surface area contributed by atoms with Gasteiger partial charge in [-0.05, 0) is 71.1 Å². The van der Waals surface area contributed by atoms with Crippen molar-refractivity contribution in [1.82, 2.24) is 24.4 Å². The summed E-state index contributed by atoms with van der Waals surface area (Å²) in [5, 5.41) is 2.88. The summed E-state index contributed by atoms with van der Waals surface area (Å²) in [5.41, 5.74) is 8.27. The number of carbonyl (C=O) groups is 1. The Morgan fingerprint density at radius 3 is 2.51 bits per heavy atom. The normalized spacial score (nSPS) is 19.0. The second kappa shape index (κ2) is 9.46. The SMILES string of the molecule is Cc1ccc(S(=O)(=O)NC2CCC(NC(=O)OC(C)(C)C)CC2)cc1-c1cnc2c(N)nccn12. The van der Waals surface area contributed by atoms with Crippen molar-refractivity contribution < 1.29 is 17.9 Å². The minimum atomic E-state index is -3.74. The van der Waals surface area contributed by atoms with Crippen LogP contribution in [0.4, 0.5) is 10.6 Å². The lowest BCUT2D eigenvalue weighted by atomic mass is 9.92. The first-order valence-electron chi connectivity index (χ1n) is 11.6. The van der Waals surface area contributed by atoms with Gasteiger partial charge < -0.3 is 15.8 Å². The van der Waals surface area contributed by atoms with E-state index in [1.165, 1.54) is 0 Å². The fraction of sp³-hybridized carbons (Fsp3) is 0.458. The van der Waals surface area contributed by atoms with Crippen LogP contribution in [0.2, 0.25) is 0 Å². The molecule has 1 aliphatic carbocycles. The molecule has 0 radical (unpaired) electrons. The minimum absolute atomic E-state index is 0.0337. The smallest absolute Gasteiger partial charge is 0.407 e. The number of anilines is 1. The third-order valence-electron chi connectivity index (χ3n) is 6.02. The highest BCUT2D eigenvalue weighted by Gasteiger charge is 2.28. The number of carbonyl (C=O) groups excluding carboxylic acids is 1. The summed E-state index contributed by atoms with van der Waals surface area (Å²) in [5.74, 6) is 0.304. The molecule has 1 fully saturated rings. The number of alkyl carbamates (subject to hydrolysis) is 1.